The maximum Gasteiger partial charge on any atom is 0.313 e. The van der Waals surface area contributed by atoms with Gasteiger partial charge in [-0.05, 0) is 12.5 Å². The molecule has 2 fully saturated rings. The lowest BCUT2D eigenvalue weighted by Gasteiger charge is -2.26. The highest BCUT2D eigenvalue weighted by atomic mass is 16.4. The number of carboxylic acid groups (broad SMARTS) is 1. The fourth-order valence-corrected chi connectivity index (χ4v) is 4.31. The molecule has 3 heterocycles. The number of aryl methyl sites for hydroxylation is 1. The summed E-state index contributed by atoms with van der Waals surface area (Å²) in [5.74, 6) is 0.222. The first-order valence-electron chi connectivity index (χ1n) is 8.61. The molecular formula is C19H22N4O2. The van der Waals surface area contributed by atoms with Gasteiger partial charge in [-0.3, -0.25) is 14.7 Å². The van der Waals surface area contributed by atoms with Crippen LogP contribution in [0.5, 0.6) is 0 Å². The molecule has 6 heteroatoms. The van der Waals surface area contributed by atoms with E-state index in [1.165, 1.54) is 5.56 Å². The average molecular weight is 338 g/mol. The van der Waals surface area contributed by atoms with Crippen LogP contribution >= 0.6 is 0 Å². The highest BCUT2D eigenvalue weighted by Gasteiger charge is 2.57. The molecule has 0 bridgehead atoms. The maximum atomic E-state index is 12.2. The molecule has 0 unspecified atom stereocenters. The number of fused-ring (bicyclic) bond motifs is 1. The fourth-order valence-electron chi connectivity index (χ4n) is 4.31. The molecule has 1 aromatic heterocycles. The Kier molecular flexibility index (Phi) is 3.92. The number of rotatable bonds is 4. The zero-order valence-electron chi connectivity index (χ0n) is 14.3. The molecule has 1 N–H and O–H groups in total. The van der Waals surface area contributed by atoms with Gasteiger partial charge in [-0.25, -0.2) is 4.98 Å². The lowest BCUT2D eigenvalue weighted by molar-refractivity contribution is -0.148. The number of carboxylic acids is 1. The van der Waals surface area contributed by atoms with Crippen molar-refractivity contribution >= 4 is 11.8 Å². The van der Waals surface area contributed by atoms with Gasteiger partial charge >= 0.3 is 5.97 Å². The monoisotopic (exact) mass is 338 g/mol. The Balaban J connectivity index is 1.54. The van der Waals surface area contributed by atoms with E-state index in [1.54, 1.807) is 12.4 Å². The molecule has 1 aromatic carbocycles. The molecule has 130 valence electrons. The molecule has 25 heavy (non-hydrogen) atoms. The summed E-state index contributed by atoms with van der Waals surface area (Å²) < 4.78 is 0. The Bertz CT molecular complexity index is 782. The summed E-state index contributed by atoms with van der Waals surface area (Å²) in [5.41, 5.74) is 1.35. The molecule has 2 aliphatic heterocycles. The molecule has 0 spiro atoms. The van der Waals surface area contributed by atoms with Crippen molar-refractivity contribution in [3.8, 4) is 0 Å². The van der Waals surface area contributed by atoms with Crippen molar-refractivity contribution in [3.63, 3.8) is 0 Å². The zero-order valence-corrected chi connectivity index (χ0v) is 14.3. The fraction of sp³-hybridized carbons (Fsp3) is 0.421. The zero-order chi connectivity index (χ0) is 17.4. The van der Waals surface area contributed by atoms with E-state index in [0.29, 0.717) is 13.1 Å². The van der Waals surface area contributed by atoms with Crippen LogP contribution in [0, 0.1) is 18.3 Å². The normalized spacial score (nSPS) is 26.0. The summed E-state index contributed by atoms with van der Waals surface area (Å²) in [5, 5.41) is 10.0. The standard InChI is InChI=1S/C19H22N4O2/c1-14-17(21-8-7-20-14)23-11-16-10-22(9-15-5-3-2-4-6-15)12-19(16,13-23)18(24)25/h2-8,16H,9-13H2,1H3,(H,24,25)/t16-,19-/m0/s1. The Morgan fingerprint density at radius 1 is 1.20 bits per heavy atom. The third kappa shape index (κ3) is 2.76. The Morgan fingerprint density at radius 3 is 2.64 bits per heavy atom. The summed E-state index contributed by atoms with van der Waals surface area (Å²) in [7, 11) is 0. The van der Waals surface area contributed by atoms with Gasteiger partial charge in [-0.1, -0.05) is 30.3 Å². The molecule has 0 aliphatic carbocycles. The van der Waals surface area contributed by atoms with E-state index in [-0.39, 0.29) is 5.92 Å². The number of carbonyl (C=O) groups is 1. The summed E-state index contributed by atoms with van der Waals surface area (Å²) in [6.07, 6.45) is 3.34. The molecule has 2 atom stereocenters. The lowest BCUT2D eigenvalue weighted by Crippen LogP contribution is -2.41. The van der Waals surface area contributed by atoms with E-state index in [0.717, 1.165) is 31.1 Å². The second-order valence-corrected chi connectivity index (χ2v) is 7.16. The minimum atomic E-state index is -0.723. The van der Waals surface area contributed by atoms with Gasteiger partial charge in [0.25, 0.3) is 0 Å². The van der Waals surface area contributed by atoms with Crippen molar-refractivity contribution in [2.75, 3.05) is 31.1 Å². The molecule has 0 saturated carbocycles. The third-order valence-electron chi connectivity index (χ3n) is 5.51. The van der Waals surface area contributed by atoms with Crippen LogP contribution in [0.25, 0.3) is 0 Å². The van der Waals surface area contributed by atoms with Crippen molar-refractivity contribution in [3.05, 3.63) is 54.0 Å². The lowest BCUT2D eigenvalue weighted by atomic mass is 9.81. The van der Waals surface area contributed by atoms with E-state index in [9.17, 15) is 9.90 Å². The van der Waals surface area contributed by atoms with Gasteiger partial charge in [0.15, 0.2) is 0 Å². The highest BCUT2D eigenvalue weighted by molar-refractivity contribution is 5.78. The van der Waals surface area contributed by atoms with Crippen LogP contribution in [-0.4, -0.2) is 52.1 Å². The van der Waals surface area contributed by atoms with Crippen LogP contribution in [0.4, 0.5) is 5.82 Å². The average Bonchev–Trinajstić information content (AvgIpc) is 3.11. The Labute approximate surface area is 147 Å². The number of hydrogen-bond donors (Lipinski definition) is 1. The number of anilines is 1. The maximum absolute atomic E-state index is 12.2. The Hall–Kier alpha value is -2.47. The molecular weight excluding hydrogens is 316 g/mol. The van der Waals surface area contributed by atoms with E-state index in [4.69, 9.17) is 0 Å². The number of aliphatic carboxylic acids is 1. The van der Waals surface area contributed by atoms with E-state index < -0.39 is 11.4 Å². The molecule has 2 saturated heterocycles. The third-order valence-corrected chi connectivity index (χ3v) is 5.51. The highest BCUT2D eigenvalue weighted by Crippen LogP contribution is 2.44. The van der Waals surface area contributed by atoms with Crippen molar-refractivity contribution in [1.82, 2.24) is 14.9 Å². The predicted octanol–water partition coefficient (Wildman–Crippen LogP) is 1.81. The van der Waals surface area contributed by atoms with Crippen LogP contribution in [0.2, 0.25) is 0 Å². The second-order valence-electron chi connectivity index (χ2n) is 7.16. The van der Waals surface area contributed by atoms with E-state index in [2.05, 4.69) is 31.9 Å². The number of likely N-dealkylation sites (tertiary alicyclic amines) is 1. The van der Waals surface area contributed by atoms with Gasteiger partial charge in [-0.15, -0.1) is 0 Å². The first kappa shape index (κ1) is 16.0. The number of hydrogen-bond acceptors (Lipinski definition) is 5. The van der Waals surface area contributed by atoms with Gasteiger partial charge in [0.2, 0.25) is 0 Å². The number of nitrogens with zero attached hydrogens (tertiary/aromatic N) is 4. The number of benzene rings is 1. The van der Waals surface area contributed by atoms with Crippen molar-refractivity contribution in [1.29, 1.82) is 0 Å². The van der Waals surface area contributed by atoms with Crippen LogP contribution in [0.15, 0.2) is 42.7 Å². The van der Waals surface area contributed by atoms with E-state index >= 15 is 0 Å². The van der Waals surface area contributed by atoms with Crippen LogP contribution in [-0.2, 0) is 11.3 Å². The van der Waals surface area contributed by atoms with Gasteiger partial charge in [0, 0.05) is 51.0 Å². The summed E-state index contributed by atoms with van der Waals surface area (Å²) in [6, 6.07) is 10.2. The molecule has 4 rings (SSSR count). The predicted molar refractivity (Wildman–Crippen MR) is 94.3 cm³/mol. The molecule has 2 aliphatic rings. The van der Waals surface area contributed by atoms with Crippen LogP contribution in [0.1, 0.15) is 11.3 Å². The Morgan fingerprint density at radius 2 is 1.96 bits per heavy atom. The molecule has 0 radical (unpaired) electrons. The smallest absolute Gasteiger partial charge is 0.313 e. The first-order valence-corrected chi connectivity index (χ1v) is 8.61. The largest absolute Gasteiger partial charge is 0.481 e. The summed E-state index contributed by atoms with van der Waals surface area (Å²) >= 11 is 0. The van der Waals surface area contributed by atoms with Crippen LogP contribution in [0.3, 0.4) is 0 Å². The number of aromatic nitrogens is 2. The van der Waals surface area contributed by atoms with Gasteiger partial charge in [-0.2, -0.15) is 0 Å². The topological polar surface area (TPSA) is 69.6 Å². The van der Waals surface area contributed by atoms with Crippen molar-refractivity contribution < 1.29 is 9.90 Å². The SMILES string of the molecule is Cc1nccnc1N1C[C@@H]2CN(Cc3ccccc3)C[C@]2(C(=O)O)C1. The summed E-state index contributed by atoms with van der Waals surface area (Å²) in [6.45, 7) is 5.33. The molecule has 2 aromatic rings. The van der Waals surface area contributed by atoms with E-state index in [1.807, 2.05) is 25.1 Å². The second kappa shape index (κ2) is 6.11. The molecule has 0 amide bonds. The summed E-state index contributed by atoms with van der Waals surface area (Å²) in [4.78, 5) is 25.3. The minimum Gasteiger partial charge on any atom is -0.481 e. The van der Waals surface area contributed by atoms with Gasteiger partial charge in [0.05, 0.1) is 5.69 Å². The minimum absolute atomic E-state index is 0.107. The van der Waals surface area contributed by atoms with Crippen molar-refractivity contribution in [2.45, 2.75) is 13.5 Å². The van der Waals surface area contributed by atoms with Gasteiger partial charge < -0.3 is 10.0 Å². The van der Waals surface area contributed by atoms with Crippen LogP contribution < -0.4 is 4.90 Å². The molecule has 6 nitrogen and oxygen atoms in total. The first-order chi connectivity index (χ1) is 12.1. The van der Waals surface area contributed by atoms with Gasteiger partial charge in [0.1, 0.15) is 11.2 Å². The quantitative estimate of drug-likeness (QED) is 0.917. The van der Waals surface area contributed by atoms with Crippen molar-refractivity contribution in [2.24, 2.45) is 11.3 Å².